The van der Waals surface area contributed by atoms with Crippen LogP contribution in [-0.2, 0) is 0 Å². The molecule has 0 saturated carbocycles. The standard InChI is InChI=1S/C20H24O4/c1-14(2)6-5-7-15(3)10-11-23-19-12-16-8-9-17(22-4)13-18(16)24-20(19)21/h6,8-10,12-13H,5,7,11H2,1-4H3. The lowest BCUT2D eigenvalue weighted by Crippen LogP contribution is -2.07. The molecule has 0 unspecified atom stereocenters. The molecule has 0 aliphatic heterocycles. The Labute approximate surface area is 142 Å². The third-order valence-corrected chi connectivity index (χ3v) is 3.67. The van der Waals surface area contributed by atoms with Crippen LogP contribution < -0.4 is 15.1 Å². The number of hydrogen-bond acceptors (Lipinski definition) is 4. The molecular weight excluding hydrogens is 304 g/mol. The molecule has 128 valence electrons. The minimum absolute atomic E-state index is 0.223. The summed E-state index contributed by atoms with van der Waals surface area (Å²) in [7, 11) is 1.57. The van der Waals surface area contributed by atoms with Crippen LogP contribution in [0.25, 0.3) is 11.0 Å². The van der Waals surface area contributed by atoms with Crippen LogP contribution in [0.2, 0.25) is 0 Å². The fourth-order valence-corrected chi connectivity index (χ4v) is 2.26. The number of rotatable bonds is 7. The molecule has 24 heavy (non-hydrogen) atoms. The summed E-state index contributed by atoms with van der Waals surface area (Å²) in [6.45, 7) is 6.61. The van der Waals surface area contributed by atoms with Gasteiger partial charge in [0.15, 0.2) is 0 Å². The van der Waals surface area contributed by atoms with Crippen LogP contribution in [-0.4, -0.2) is 13.7 Å². The molecule has 0 radical (unpaired) electrons. The van der Waals surface area contributed by atoms with Crippen molar-refractivity contribution in [3.05, 3.63) is 58.0 Å². The molecule has 0 bridgehead atoms. The highest BCUT2D eigenvalue weighted by Crippen LogP contribution is 2.22. The zero-order valence-corrected chi connectivity index (χ0v) is 14.7. The highest BCUT2D eigenvalue weighted by atomic mass is 16.5. The molecular formula is C20H24O4. The van der Waals surface area contributed by atoms with Crippen LogP contribution in [0.1, 0.15) is 33.6 Å². The van der Waals surface area contributed by atoms with Crippen molar-refractivity contribution in [2.24, 2.45) is 0 Å². The number of benzene rings is 1. The minimum atomic E-state index is -0.480. The number of ether oxygens (including phenoxy) is 2. The van der Waals surface area contributed by atoms with Crippen molar-refractivity contribution in [1.29, 1.82) is 0 Å². The van der Waals surface area contributed by atoms with Crippen molar-refractivity contribution in [3.63, 3.8) is 0 Å². The van der Waals surface area contributed by atoms with Gasteiger partial charge in [0.1, 0.15) is 17.9 Å². The van der Waals surface area contributed by atoms with E-state index in [1.165, 1.54) is 11.1 Å². The summed E-state index contributed by atoms with van der Waals surface area (Å²) in [5, 5.41) is 0.801. The molecule has 0 N–H and O–H groups in total. The molecule has 0 atom stereocenters. The fourth-order valence-electron chi connectivity index (χ4n) is 2.26. The van der Waals surface area contributed by atoms with Gasteiger partial charge in [-0.1, -0.05) is 17.2 Å². The third-order valence-electron chi connectivity index (χ3n) is 3.67. The molecule has 0 spiro atoms. The molecule has 0 amide bonds. The molecule has 0 aliphatic carbocycles. The molecule has 0 aliphatic rings. The maximum Gasteiger partial charge on any atom is 0.379 e. The maximum atomic E-state index is 12.0. The molecule has 0 fully saturated rings. The van der Waals surface area contributed by atoms with Gasteiger partial charge in [-0.25, -0.2) is 4.79 Å². The van der Waals surface area contributed by atoms with Gasteiger partial charge in [-0.15, -0.1) is 0 Å². The molecule has 4 heteroatoms. The van der Waals surface area contributed by atoms with Crippen LogP contribution in [0.15, 0.2) is 56.8 Å². The average Bonchev–Trinajstić information content (AvgIpc) is 2.54. The lowest BCUT2D eigenvalue weighted by molar-refractivity contribution is 0.340. The lowest BCUT2D eigenvalue weighted by Gasteiger charge is -2.05. The second-order valence-electron chi connectivity index (χ2n) is 5.98. The summed E-state index contributed by atoms with van der Waals surface area (Å²) in [6, 6.07) is 7.05. The Morgan fingerprint density at radius 2 is 1.96 bits per heavy atom. The summed E-state index contributed by atoms with van der Waals surface area (Å²) in [5.41, 5.74) is 2.57. The molecule has 1 aromatic heterocycles. The first-order valence-corrected chi connectivity index (χ1v) is 8.03. The van der Waals surface area contributed by atoms with Gasteiger partial charge in [0, 0.05) is 11.5 Å². The maximum absolute atomic E-state index is 12.0. The van der Waals surface area contributed by atoms with E-state index in [0.29, 0.717) is 17.9 Å². The largest absolute Gasteiger partial charge is 0.497 e. The van der Waals surface area contributed by atoms with Gasteiger partial charge in [0.25, 0.3) is 0 Å². The van der Waals surface area contributed by atoms with E-state index in [-0.39, 0.29) is 5.75 Å². The van der Waals surface area contributed by atoms with Crippen LogP contribution in [0.3, 0.4) is 0 Å². The molecule has 1 heterocycles. The van der Waals surface area contributed by atoms with E-state index in [4.69, 9.17) is 13.9 Å². The van der Waals surface area contributed by atoms with Crippen LogP contribution in [0.5, 0.6) is 11.5 Å². The minimum Gasteiger partial charge on any atom is -0.497 e. The van der Waals surface area contributed by atoms with E-state index in [0.717, 1.165) is 18.2 Å². The Hall–Kier alpha value is -2.49. The lowest BCUT2D eigenvalue weighted by atomic mass is 10.1. The summed E-state index contributed by atoms with van der Waals surface area (Å²) in [5.74, 6) is 0.871. The van der Waals surface area contributed by atoms with Gasteiger partial charge >= 0.3 is 5.63 Å². The van der Waals surface area contributed by atoms with Crippen molar-refractivity contribution in [2.45, 2.75) is 33.6 Å². The molecule has 2 aromatic rings. The fraction of sp³-hybridized carbons (Fsp3) is 0.350. The predicted octanol–water partition coefficient (Wildman–Crippen LogP) is 4.87. The summed E-state index contributed by atoms with van der Waals surface area (Å²) in [6.07, 6.45) is 6.21. The molecule has 1 aromatic carbocycles. The zero-order valence-electron chi connectivity index (χ0n) is 14.7. The molecule has 4 nitrogen and oxygen atoms in total. The first-order valence-electron chi connectivity index (χ1n) is 8.03. The summed E-state index contributed by atoms with van der Waals surface area (Å²) in [4.78, 5) is 12.0. The predicted molar refractivity (Wildman–Crippen MR) is 97.0 cm³/mol. The Bertz CT molecular complexity index is 808. The highest BCUT2D eigenvalue weighted by Gasteiger charge is 2.07. The van der Waals surface area contributed by atoms with E-state index in [2.05, 4.69) is 26.8 Å². The Morgan fingerprint density at radius 3 is 2.67 bits per heavy atom. The van der Waals surface area contributed by atoms with Gasteiger partial charge in [0.2, 0.25) is 5.75 Å². The number of hydrogen-bond donors (Lipinski definition) is 0. The normalized spacial score (nSPS) is 11.4. The highest BCUT2D eigenvalue weighted by molar-refractivity contribution is 5.79. The van der Waals surface area contributed by atoms with Gasteiger partial charge in [0.05, 0.1) is 7.11 Å². The second-order valence-corrected chi connectivity index (χ2v) is 5.98. The monoisotopic (exact) mass is 328 g/mol. The number of fused-ring (bicyclic) bond motifs is 1. The van der Waals surface area contributed by atoms with Crippen molar-refractivity contribution >= 4 is 11.0 Å². The SMILES string of the molecule is COc1ccc2cc(OCC=C(C)CCC=C(C)C)c(=O)oc2c1. The Balaban J connectivity index is 2.03. The number of methoxy groups -OCH3 is 1. The molecule has 2 rings (SSSR count). The molecule has 0 saturated heterocycles. The van der Waals surface area contributed by atoms with Crippen molar-refractivity contribution in [3.8, 4) is 11.5 Å². The van der Waals surface area contributed by atoms with Gasteiger partial charge < -0.3 is 13.9 Å². The van der Waals surface area contributed by atoms with Crippen LogP contribution in [0, 0.1) is 0 Å². The topological polar surface area (TPSA) is 48.7 Å². The smallest absolute Gasteiger partial charge is 0.379 e. The van der Waals surface area contributed by atoms with Gasteiger partial charge in [-0.05, 0) is 57.9 Å². The summed E-state index contributed by atoms with van der Waals surface area (Å²) >= 11 is 0. The average molecular weight is 328 g/mol. The van der Waals surface area contributed by atoms with Crippen molar-refractivity contribution in [1.82, 2.24) is 0 Å². The van der Waals surface area contributed by atoms with Crippen LogP contribution in [0.4, 0.5) is 0 Å². The summed E-state index contributed by atoms with van der Waals surface area (Å²) < 4.78 is 16.0. The Kier molecular flexibility index (Phi) is 6.24. The first-order chi connectivity index (χ1) is 11.5. The van der Waals surface area contributed by atoms with E-state index >= 15 is 0 Å². The first kappa shape index (κ1) is 17.9. The van der Waals surface area contributed by atoms with E-state index in [1.54, 1.807) is 19.2 Å². The van der Waals surface area contributed by atoms with Gasteiger partial charge in [-0.2, -0.15) is 0 Å². The second kappa shape index (κ2) is 8.39. The van der Waals surface area contributed by atoms with Gasteiger partial charge in [-0.3, -0.25) is 0 Å². The Morgan fingerprint density at radius 1 is 1.17 bits per heavy atom. The van der Waals surface area contributed by atoms with Crippen LogP contribution >= 0.6 is 0 Å². The van der Waals surface area contributed by atoms with Crippen molar-refractivity contribution < 1.29 is 13.9 Å². The van der Waals surface area contributed by atoms with E-state index < -0.39 is 5.63 Å². The zero-order chi connectivity index (χ0) is 17.5. The quantitative estimate of drug-likeness (QED) is 0.537. The third kappa shape index (κ3) is 5.01. The van der Waals surface area contributed by atoms with E-state index in [9.17, 15) is 4.79 Å². The van der Waals surface area contributed by atoms with E-state index in [1.807, 2.05) is 18.2 Å². The van der Waals surface area contributed by atoms with Crippen molar-refractivity contribution in [2.75, 3.05) is 13.7 Å². The number of allylic oxidation sites excluding steroid dienone is 3.